The molecule has 5 aromatic rings. The standard InChI is InChI=1S/C31H27N3O4/c35-30-18-22(20-34(30)23-12-13-28-29(19-23)38-17-16-37-28)31-32-25-9-3-4-10-26(25)33(31)14-15-36-27-11-5-7-21-6-1-2-8-24(21)27/h1-13,19,22H,14-18,20H2. The average molecular weight is 506 g/mol. The van der Waals surface area contributed by atoms with Crippen molar-refractivity contribution in [1.29, 1.82) is 0 Å². The van der Waals surface area contributed by atoms with Crippen molar-refractivity contribution in [2.45, 2.75) is 18.9 Å². The van der Waals surface area contributed by atoms with Crippen LogP contribution < -0.4 is 19.1 Å². The lowest BCUT2D eigenvalue weighted by atomic mass is 10.1. The van der Waals surface area contributed by atoms with Gasteiger partial charge in [0.25, 0.3) is 0 Å². The summed E-state index contributed by atoms with van der Waals surface area (Å²) >= 11 is 0. The Morgan fingerprint density at radius 3 is 2.66 bits per heavy atom. The number of benzene rings is 4. The number of anilines is 1. The van der Waals surface area contributed by atoms with Crippen molar-refractivity contribution in [2.75, 3.05) is 31.3 Å². The average Bonchev–Trinajstić information content (AvgIpc) is 3.53. The predicted octanol–water partition coefficient (Wildman–Crippen LogP) is 5.56. The first-order valence-corrected chi connectivity index (χ1v) is 13.0. The van der Waals surface area contributed by atoms with Crippen LogP contribution in [-0.4, -0.2) is 41.8 Å². The number of rotatable bonds is 6. The van der Waals surface area contributed by atoms with Crippen LogP contribution in [0.3, 0.4) is 0 Å². The van der Waals surface area contributed by atoms with E-state index in [1.165, 1.54) is 0 Å². The molecule has 1 atom stereocenters. The SMILES string of the molecule is O=C1CC(c2nc3ccccc3n2CCOc2cccc3ccccc23)CN1c1ccc2c(c1)OCCO2. The molecule has 0 saturated carbocycles. The van der Waals surface area contributed by atoms with Crippen LogP contribution in [0.2, 0.25) is 0 Å². The summed E-state index contributed by atoms with van der Waals surface area (Å²) in [6, 6.07) is 28.2. The minimum atomic E-state index is -0.0272. The third-order valence-corrected chi connectivity index (χ3v) is 7.33. The van der Waals surface area contributed by atoms with Crippen molar-refractivity contribution in [3.8, 4) is 17.2 Å². The molecule has 2 aliphatic rings. The van der Waals surface area contributed by atoms with E-state index >= 15 is 0 Å². The highest BCUT2D eigenvalue weighted by molar-refractivity contribution is 5.97. The lowest BCUT2D eigenvalue weighted by molar-refractivity contribution is -0.117. The maximum absolute atomic E-state index is 13.2. The quantitative estimate of drug-likeness (QED) is 0.302. The van der Waals surface area contributed by atoms with Crippen molar-refractivity contribution >= 4 is 33.4 Å². The Kier molecular flexibility index (Phi) is 5.61. The maximum atomic E-state index is 13.2. The number of fused-ring (bicyclic) bond motifs is 3. The first-order chi connectivity index (χ1) is 18.7. The summed E-state index contributed by atoms with van der Waals surface area (Å²) < 4.78 is 19.9. The van der Waals surface area contributed by atoms with E-state index in [0.717, 1.165) is 44.8 Å². The summed E-state index contributed by atoms with van der Waals surface area (Å²) in [5, 5.41) is 2.25. The number of carbonyl (C=O) groups is 1. The van der Waals surface area contributed by atoms with Gasteiger partial charge >= 0.3 is 0 Å². The highest BCUT2D eigenvalue weighted by atomic mass is 16.6. The van der Waals surface area contributed by atoms with Gasteiger partial charge in [0.05, 0.1) is 17.6 Å². The minimum Gasteiger partial charge on any atom is -0.491 e. The Morgan fingerprint density at radius 1 is 0.895 bits per heavy atom. The normalized spacial score (nSPS) is 16.9. The molecule has 2 aliphatic heterocycles. The molecule has 3 heterocycles. The van der Waals surface area contributed by atoms with Gasteiger partial charge in [-0.05, 0) is 35.7 Å². The number of hydrogen-bond acceptors (Lipinski definition) is 5. The van der Waals surface area contributed by atoms with Gasteiger partial charge in [-0.1, -0.05) is 48.5 Å². The Hall–Kier alpha value is -4.52. The molecule has 38 heavy (non-hydrogen) atoms. The molecule has 7 heteroatoms. The Labute approximate surface area is 220 Å². The fraction of sp³-hybridized carbons (Fsp3) is 0.226. The second-order valence-corrected chi connectivity index (χ2v) is 9.67. The molecule has 0 aliphatic carbocycles. The van der Waals surface area contributed by atoms with E-state index in [1.54, 1.807) is 0 Å². The summed E-state index contributed by atoms with van der Waals surface area (Å²) in [6.45, 7) is 2.74. The first kappa shape index (κ1) is 22.7. The number of imidazole rings is 1. The molecular weight excluding hydrogens is 478 g/mol. The summed E-state index contributed by atoms with van der Waals surface area (Å²) in [4.78, 5) is 20.0. The molecule has 7 rings (SSSR count). The predicted molar refractivity (Wildman–Crippen MR) is 146 cm³/mol. The lowest BCUT2D eigenvalue weighted by Crippen LogP contribution is -2.25. The third kappa shape index (κ3) is 4.00. The molecule has 0 bridgehead atoms. The molecule has 1 fully saturated rings. The van der Waals surface area contributed by atoms with E-state index in [9.17, 15) is 4.79 Å². The smallest absolute Gasteiger partial charge is 0.227 e. The lowest BCUT2D eigenvalue weighted by Gasteiger charge is -2.22. The fourth-order valence-corrected chi connectivity index (χ4v) is 5.54. The molecule has 1 saturated heterocycles. The Balaban J connectivity index is 1.15. The molecule has 1 amide bonds. The number of carbonyl (C=O) groups excluding carboxylic acids is 1. The van der Waals surface area contributed by atoms with E-state index < -0.39 is 0 Å². The molecule has 1 aromatic heterocycles. The van der Waals surface area contributed by atoms with E-state index in [4.69, 9.17) is 19.2 Å². The third-order valence-electron chi connectivity index (χ3n) is 7.33. The van der Waals surface area contributed by atoms with Crippen molar-refractivity contribution in [3.63, 3.8) is 0 Å². The summed E-state index contributed by atoms with van der Waals surface area (Å²) in [7, 11) is 0. The highest BCUT2D eigenvalue weighted by Gasteiger charge is 2.35. The van der Waals surface area contributed by atoms with Gasteiger partial charge in [-0.15, -0.1) is 0 Å². The van der Waals surface area contributed by atoms with Crippen LogP contribution in [0.4, 0.5) is 5.69 Å². The van der Waals surface area contributed by atoms with Crippen molar-refractivity contribution in [1.82, 2.24) is 9.55 Å². The number of nitrogens with zero attached hydrogens (tertiary/aromatic N) is 3. The number of aromatic nitrogens is 2. The van der Waals surface area contributed by atoms with Gasteiger partial charge in [-0.2, -0.15) is 0 Å². The fourth-order valence-electron chi connectivity index (χ4n) is 5.54. The van der Waals surface area contributed by atoms with Crippen LogP contribution >= 0.6 is 0 Å². The van der Waals surface area contributed by atoms with Crippen molar-refractivity contribution in [2.24, 2.45) is 0 Å². The topological polar surface area (TPSA) is 65.8 Å². The van der Waals surface area contributed by atoms with Crippen molar-refractivity contribution in [3.05, 3.63) is 90.8 Å². The van der Waals surface area contributed by atoms with Crippen LogP contribution in [0.1, 0.15) is 18.2 Å². The van der Waals surface area contributed by atoms with Gasteiger partial charge in [0.1, 0.15) is 31.4 Å². The summed E-state index contributed by atoms with van der Waals surface area (Å²) in [6.07, 6.45) is 0.405. The zero-order chi connectivity index (χ0) is 25.5. The van der Waals surface area contributed by atoms with Gasteiger partial charge in [0.2, 0.25) is 5.91 Å². The maximum Gasteiger partial charge on any atom is 0.227 e. The number of amides is 1. The molecule has 4 aromatic carbocycles. The van der Waals surface area contributed by atoms with Crippen LogP contribution in [0.15, 0.2) is 84.9 Å². The first-order valence-electron chi connectivity index (χ1n) is 13.0. The molecule has 0 spiro atoms. The zero-order valence-corrected chi connectivity index (χ0v) is 20.9. The summed E-state index contributed by atoms with van der Waals surface area (Å²) in [5.41, 5.74) is 2.80. The molecule has 0 N–H and O–H groups in total. The van der Waals surface area contributed by atoms with Crippen LogP contribution in [0, 0.1) is 0 Å². The van der Waals surface area contributed by atoms with Crippen LogP contribution in [0.25, 0.3) is 21.8 Å². The minimum absolute atomic E-state index is 0.0272. The molecular formula is C31H27N3O4. The van der Waals surface area contributed by atoms with Crippen molar-refractivity contribution < 1.29 is 19.0 Å². The van der Waals surface area contributed by atoms with E-state index in [-0.39, 0.29) is 11.8 Å². The van der Waals surface area contributed by atoms with E-state index in [0.29, 0.717) is 45.1 Å². The molecule has 1 unspecified atom stereocenters. The summed E-state index contributed by atoms with van der Waals surface area (Å²) in [5.74, 6) is 3.24. The second kappa shape index (κ2) is 9.41. The number of para-hydroxylation sites is 2. The van der Waals surface area contributed by atoms with Crippen LogP contribution in [0.5, 0.6) is 17.2 Å². The zero-order valence-electron chi connectivity index (χ0n) is 20.9. The van der Waals surface area contributed by atoms with Gasteiger partial charge in [-0.3, -0.25) is 4.79 Å². The van der Waals surface area contributed by atoms with Crippen LogP contribution in [-0.2, 0) is 11.3 Å². The number of ether oxygens (including phenoxy) is 3. The van der Waals surface area contributed by atoms with E-state index in [1.807, 2.05) is 65.6 Å². The molecule has 0 radical (unpaired) electrons. The largest absolute Gasteiger partial charge is 0.491 e. The van der Waals surface area contributed by atoms with Gasteiger partial charge < -0.3 is 23.7 Å². The second-order valence-electron chi connectivity index (χ2n) is 9.67. The van der Waals surface area contributed by atoms with Gasteiger partial charge in [-0.25, -0.2) is 4.98 Å². The van der Waals surface area contributed by atoms with Gasteiger partial charge in [0, 0.05) is 36.0 Å². The number of hydrogen-bond donors (Lipinski definition) is 0. The highest BCUT2D eigenvalue weighted by Crippen LogP contribution is 2.38. The Morgan fingerprint density at radius 2 is 1.71 bits per heavy atom. The Bertz CT molecular complexity index is 1650. The van der Waals surface area contributed by atoms with Gasteiger partial charge in [0.15, 0.2) is 11.5 Å². The molecule has 7 nitrogen and oxygen atoms in total. The monoisotopic (exact) mass is 505 g/mol. The molecule has 190 valence electrons. The van der Waals surface area contributed by atoms with E-state index in [2.05, 4.69) is 28.8 Å².